The van der Waals surface area contributed by atoms with Gasteiger partial charge in [-0.05, 0) is 48.7 Å². The van der Waals surface area contributed by atoms with E-state index in [1.807, 2.05) is 30.5 Å². The molecule has 0 saturated carbocycles. The normalized spacial score (nSPS) is 14.2. The molecule has 0 radical (unpaired) electrons. The molecule has 1 aliphatic heterocycles. The first kappa shape index (κ1) is 29.3. The highest BCUT2D eigenvalue weighted by Gasteiger charge is 2.38. The van der Waals surface area contributed by atoms with Gasteiger partial charge < -0.3 is 16.2 Å². The van der Waals surface area contributed by atoms with Gasteiger partial charge in [-0.15, -0.1) is 0 Å². The van der Waals surface area contributed by atoms with Crippen molar-refractivity contribution < 1.29 is 32.7 Å². The van der Waals surface area contributed by atoms with Crippen LogP contribution in [-0.2, 0) is 11.3 Å². The molecule has 0 atom stereocenters. The van der Waals surface area contributed by atoms with Crippen molar-refractivity contribution in [2.75, 3.05) is 13.1 Å². The number of primary amides is 1. The number of aliphatic carboxylic acids is 1. The summed E-state index contributed by atoms with van der Waals surface area (Å²) in [5.74, 6) is -3.32. The summed E-state index contributed by atoms with van der Waals surface area (Å²) in [6, 6.07) is 23.3. The number of piperidine rings is 1. The van der Waals surface area contributed by atoms with Crippen molar-refractivity contribution in [2.24, 2.45) is 5.73 Å². The molecule has 1 saturated heterocycles. The van der Waals surface area contributed by atoms with Crippen molar-refractivity contribution >= 4 is 28.7 Å². The second-order valence-electron chi connectivity index (χ2n) is 9.54. The van der Waals surface area contributed by atoms with Crippen molar-refractivity contribution in [3.63, 3.8) is 0 Å². The number of halogens is 3. The third-order valence-corrected chi connectivity index (χ3v) is 6.61. The maximum atomic E-state index is 12.8. The van der Waals surface area contributed by atoms with E-state index in [0.717, 1.165) is 43.5 Å². The fourth-order valence-electron chi connectivity index (χ4n) is 4.49. The zero-order chi connectivity index (χ0) is 29.6. The number of nitrogens with two attached hydrogens (primary N) is 1. The summed E-state index contributed by atoms with van der Waals surface area (Å²) in [5, 5.41) is 15.7. The Kier molecular flexibility index (Phi) is 9.03. The van der Waals surface area contributed by atoms with E-state index in [0.29, 0.717) is 16.6 Å². The number of carboxylic acid groups (broad SMARTS) is 1. The average molecular weight is 568 g/mol. The lowest BCUT2D eigenvalue weighted by Gasteiger charge is -2.32. The minimum Gasteiger partial charge on any atom is -0.475 e. The zero-order valence-corrected chi connectivity index (χ0v) is 21.8. The van der Waals surface area contributed by atoms with E-state index in [-0.39, 0.29) is 11.9 Å². The molecule has 0 bridgehead atoms. The van der Waals surface area contributed by atoms with Crippen molar-refractivity contribution in [2.45, 2.75) is 31.6 Å². The molecule has 0 aliphatic carbocycles. The molecule has 41 heavy (non-hydrogen) atoms. The van der Waals surface area contributed by atoms with E-state index in [4.69, 9.17) is 15.6 Å². The smallest absolute Gasteiger partial charge is 0.475 e. The van der Waals surface area contributed by atoms with E-state index >= 15 is 0 Å². The fraction of sp³-hybridized carbons (Fsp3) is 0.241. The number of rotatable bonds is 6. The Hall–Kier alpha value is -4.71. The lowest BCUT2D eigenvalue weighted by atomic mass is 10.0. The Bertz CT molecular complexity index is 1510. The van der Waals surface area contributed by atoms with Gasteiger partial charge in [0.15, 0.2) is 0 Å². The largest absolute Gasteiger partial charge is 0.490 e. The molecule has 2 amide bonds. The lowest BCUT2D eigenvalue weighted by molar-refractivity contribution is -0.192. The van der Waals surface area contributed by atoms with Crippen LogP contribution in [0.1, 0.15) is 39.1 Å². The predicted octanol–water partition coefficient (Wildman–Crippen LogP) is 4.15. The van der Waals surface area contributed by atoms with Crippen LogP contribution in [0.25, 0.3) is 16.6 Å². The second kappa shape index (κ2) is 12.6. The summed E-state index contributed by atoms with van der Waals surface area (Å²) < 4.78 is 33.4. The number of nitrogens with one attached hydrogen (secondary N) is 1. The molecule has 4 N–H and O–H groups in total. The Morgan fingerprint density at radius 2 is 1.59 bits per heavy atom. The molecule has 1 aromatic heterocycles. The number of aromatic nitrogens is 2. The molecular formula is C29H28F3N5O4. The summed E-state index contributed by atoms with van der Waals surface area (Å²) >= 11 is 0. The van der Waals surface area contributed by atoms with Gasteiger partial charge in [0.05, 0.1) is 11.3 Å². The molecule has 2 heterocycles. The van der Waals surface area contributed by atoms with Gasteiger partial charge in [-0.1, -0.05) is 42.5 Å². The van der Waals surface area contributed by atoms with Gasteiger partial charge in [-0.25, -0.2) is 9.48 Å². The number of carbonyl (C=O) groups is 3. The van der Waals surface area contributed by atoms with Crippen LogP contribution in [0.5, 0.6) is 0 Å². The minimum absolute atomic E-state index is 0.0605. The van der Waals surface area contributed by atoms with E-state index in [1.165, 1.54) is 5.56 Å². The van der Waals surface area contributed by atoms with Gasteiger partial charge in [-0.2, -0.15) is 18.3 Å². The number of hydrogen-bond acceptors (Lipinski definition) is 5. The van der Waals surface area contributed by atoms with Gasteiger partial charge in [0.2, 0.25) is 0 Å². The number of nitrogens with zero attached hydrogens (tertiary/aromatic N) is 3. The minimum atomic E-state index is -5.08. The van der Waals surface area contributed by atoms with Gasteiger partial charge in [-0.3, -0.25) is 14.5 Å². The van der Waals surface area contributed by atoms with Crippen LogP contribution in [0.15, 0.2) is 79.0 Å². The number of carbonyl (C=O) groups excluding carboxylic acids is 2. The molecule has 12 heteroatoms. The summed E-state index contributed by atoms with van der Waals surface area (Å²) in [7, 11) is 0. The first-order valence-corrected chi connectivity index (χ1v) is 12.8. The van der Waals surface area contributed by atoms with Gasteiger partial charge in [0, 0.05) is 42.8 Å². The molecule has 5 rings (SSSR count). The van der Waals surface area contributed by atoms with Gasteiger partial charge in [0.1, 0.15) is 5.52 Å². The fourth-order valence-corrected chi connectivity index (χ4v) is 4.49. The van der Waals surface area contributed by atoms with Crippen LogP contribution in [0.3, 0.4) is 0 Å². The number of fused-ring (bicyclic) bond motifs is 1. The van der Waals surface area contributed by atoms with Crippen molar-refractivity contribution in [3.05, 3.63) is 95.7 Å². The Labute approximate surface area is 233 Å². The standard InChI is InChI=1S/C27H27N5O2.C2HF3O2/c28-26(33)24-8-4-7-21-18-32(30-25(21)24)23-11-9-20(10-12-23)27(34)29-22-13-15-31(16-14-22)17-19-5-2-1-3-6-19;3-2(4,5)1(6)7/h1-12,18,22H,13-17H2,(H2,28,33)(H,29,34);(H,6,7). The molecule has 3 aromatic carbocycles. The number of alkyl halides is 3. The summed E-state index contributed by atoms with van der Waals surface area (Å²) in [6.45, 7) is 2.89. The predicted molar refractivity (Wildman–Crippen MR) is 145 cm³/mol. The van der Waals surface area contributed by atoms with Crippen LogP contribution in [-0.4, -0.2) is 62.9 Å². The number of likely N-dealkylation sites (tertiary alicyclic amines) is 1. The van der Waals surface area contributed by atoms with Crippen molar-refractivity contribution in [1.82, 2.24) is 20.0 Å². The van der Waals surface area contributed by atoms with E-state index in [2.05, 4.69) is 39.6 Å². The van der Waals surface area contributed by atoms with Crippen molar-refractivity contribution in [1.29, 1.82) is 0 Å². The lowest BCUT2D eigenvalue weighted by Crippen LogP contribution is -2.44. The first-order chi connectivity index (χ1) is 19.5. The van der Waals surface area contributed by atoms with E-state index < -0.39 is 18.1 Å². The second-order valence-corrected chi connectivity index (χ2v) is 9.54. The number of hydrogen-bond donors (Lipinski definition) is 3. The molecule has 0 spiro atoms. The maximum absolute atomic E-state index is 12.8. The van der Waals surface area contributed by atoms with Crippen LogP contribution >= 0.6 is 0 Å². The summed E-state index contributed by atoms with van der Waals surface area (Å²) in [5.41, 5.74) is 9.16. The topological polar surface area (TPSA) is 131 Å². The van der Waals surface area contributed by atoms with E-state index in [9.17, 15) is 22.8 Å². The molecule has 4 aromatic rings. The van der Waals surface area contributed by atoms with Crippen LogP contribution in [0.2, 0.25) is 0 Å². The van der Waals surface area contributed by atoms with E-state index in [1.54, 1.807) is 28.9 Å². The Morgan fingerprint density at radius 1 is 0.951 bits per heavy atom. The molecule has 1 aliphatic rings. The molecule has 9 nitrogen and oxygen atoms in total. The molecule has 0 unspecified atom stereocenters. The quantitative estimate of drug-likeness (QED) is 0.321. The Morgan fingerprint density at radius 3 is 2.17 bits per heavy atom. The highest BCUT2D eigenvalue weighted by molar-refractivity contribution is 6.04. The summed E-state index contributed by atoms with van der Waals surface area (Å²) in [4.78, 5) is 35.8. The van der Waals surface area contributed by atoms with Crippen molar-refractivity contribution in [3.8, 4) is 5.69 Å². The van der Waals surface area contributed by atoms with Crippen LogP contribution in [0.4, 0.5) is 13.2 Å². The first-order valence-electron chi connectivity index (χ1n) is 12.8. The Balaban J connectivity index is 0.000000493. The van der Waals surface area contributed by atoms with Crippen LogP contribution in [0, 0.1) is 0 Å². The monoisotopic (exact) mass is 567 g/mol. The van der Waals surface area contributed by atoms with Crippen LogP contribution < -0.4 is 11.1 Å². The summed E-state index contributed by atoms with van der Waals surface area (Å²) in [6.07, 6.45) is -1.35. The highest BCUT2D eigenvalue weighted by atomic mass is 19.4. The van der Waals surface area contributed by atoms with Gasteiger partial charge in [0.25, 0.3) is 11.8 Å². The third-order valence-electron chi connectivity index (χ3n) is 6.61. The van der Waals surface area contributed by atoms with Gasteiger partial charge >= 0.3 is 12.1 Å². The maximum Gasteiger partial charge on any atom is 0.490 e. The molecule has 1 fully saturated rings. The number of benzene rings is 3. The molecule has 214 valence electrons. The third kappa shape index (κ3) is 7.70. The SMILES string of the molecule is NC(=O)c1cccc2cn(-c3ccc(C(=O)NC4CCN(Cc5ccccc5)CC4)cc3)nc12.O=C(O)C(F)(F)F. The number of carboxylic acids is 1. The zero-order valence-electron chi connectivity index (χ0n) is 21.8. The molecular weight excluding hydrogens is 539 g/mol. The average Bonchev–Trinajstić information content (AvgIpc) is 3.39. The highest BCUT2D eigenvalue weighted by Crippen LogP contribution is 2.20. The number of amides is 2.